The van der Waals surface area contributed by atoms with Crippen LogP contribution in [0.5, 0.6) is 0 Å². The van der Waals surface area contributed by atoms with Gasteiger partial charge in [-0.15, -0.1) is 0 Å². The molecule has 0 spiro atoms. The lowest BCUT2D eigenvalue weighted by molar-refractivity contribution is 0.582. The van der Waals surface area contributed by atoms with Gasteiger partial charge < -0.3 is 0 Å². The Bertz CT molecular complexity index is 563. The molecular formula is C16H14Br3F. The van der Waals surface area contributed by atoms with Crippen molar-refractivity contribution in [3.05, 3.63) is 68.4 Å². The van der Waals surface area contributed by atoms with E-state index in [4.69, 9.17) is 0 Å². The SMILES string of the molecule is Fc1cc(Br)cc(CC(CBr)Cc2cccc(Br)c2)c1. The van der Waals surface area contributed by atoms with Gasteiger partial charge in [0.1, 0.15) is 5.82 Å². The number of hydrogen-bond acceptors (Lipinski definition) is 0. The summed E-state index contributed by atoms with van der Waals surface area (Å²) >= 11 is 10.4. The summed E-state index contributed by atoms with van der Waals surface area (Å²) in [5, 5.41) is 0.896. The molecule has 0 heterocycles. The molecule has 0 aliphatic heterocycles. The van der Waals surface area contributed by atoms with Crippen molar-refractivity contribution in [1.82, 2.24) is 0 Å². The second-order valence-electron chi connectivity index (χ2n) is 4.84. The third-order valence-electron chi connectivity index (χ3n) is 3.08. The van der Waals surface area contributed by atoms with Crippen molar-refractivity contribution in [2.24, 2.45) is 5.92 Å². The first-order valence-electron chi connectivity index (χ1n) is 6.32. The molecule has 4 heteroatoms. The quantitative estimate of drug-likeness (QED) is 0.466. The largest absolute Gasteiger partial charge is 0.207 e. The molecule has 2 aromatic rings. The number of hydrogen-bond donors (Lipinski definition) is 0. The lowest BCUT2D eigenvalue weighted by Crippen LogP contribution is -2.10. The zero-order chi connectivity index (χ0) is 14.5. The predicted molar refractivity (Wildman–Crippen MR) is 92.9 cm³/mol. The molecular weight excluding hydrogens is 451 g/mol. The summed E-state index contributed by atoms with van der Waals surface area (Å²) in [6.07, 6.45) is 1.83. The van der Waals surface area contributed by atoms with Crippen molar-refractivity contribution in [3.8, 4) is 0 Å². The first kappa shape index (κ1) is 16.2. The van der Waals surface area contributed by atoms with Crippen LogP contribution in [0.2, 0.25) is 0 Å². The van der Waals surface area contributed by atoms with E-state index in [1.165, 1.54) is 11.6 Å². The summed E-state index contributed by atoms with van der Waals surface area (Å²) in [5.74, 6) is 0.253. The minimum Gasteiger partial charge on any atom is -0.207 e. The van der Waals surface area contributed by atoms with E-state index in [1.807, 2.05) is 18.2 Å². The molecule has 1 atom stereocenters. The van der Waals surface area contributed by atoms with Crippen molar-refractivity contribution in [2.75, 3.05) is 5.33 Å². The first-order valence-corrected chi connectivity index (χ1v) is 9.03. The van der Waals surface area contributed by atoms with Crippen LogP contribution >= 0.6 is 47.8 Å². The molecule has 20 heavy (non-hydrogen) atoms. The van der Waals surface area contributed by atoms with Gasteiger partial charge in [-0.1, -0.05) is 59.9 Å². The van der Waals surface area contributed by atoms with E-state index in [0.29, 0.717) is 5.92 Å². The van der Waals surface area contributed by atoms with Gasteiger partial charge in [0, 0.05) is 14.3 Å². The van der Waals surface area contributed by atoms with Crippen LogP contribution in [0.25, 0.3) is 0 Å². The molecule has 0 aromatic heterocycles. The molecule has 1 unspecified atom stereocenters. The maximum atomic E-state index is 13.4. The summed E-state index contributed by atoms with van der Waals surface area (Å²) < 4.78 is 15.3. The highest BCUT2D eigenvalue weighted by Gasteiger charge is 2.11. The van der Waals surface area contributed by atoms with E-state index in [9.17, 15) is 4.39 Å². The Morgan fingerprint density at radius 3 is 2.25 bits per heavy atom. The van der Waals surface area contributed by atoms with Gasteiger partial charge in [-0.3, -0.25) is 0 Å². The fourth-order valence-corrected chi connectivity index (χ4v) is 3.66. The highest BCUT2D eigenvalue weighted by molar-refractivity contribution is 9.10. The van der Waals surface area contributed by atoms with Gasteiger partial charge in [-0.25, -0.2) is 4.39 Å². The van der Waals surface area contributed by atoms with E-state index in [1.54, 1.807) is 6.07 Å². The van der Waals surface area contributed by atoms with Gasteiger partial charge in [0.15, 0.2) is 0 Å². The van der Waals surface area contributed by atoms with E-state index < -0.39 is 0 Å². The lowest BCUT2D eigenvalue weighted by Gasteiger charge is -2.15. The Morgan fingerprint density at radius 1 is 0.900 bits per heavy atom. The van der Waals surface area contributed by atoms with E-state index in [0.717, 1.165) is 32.7 Å². The molecule has 0 bridgehead atoms. The second-order valence-corrected chi connectivity index (χ2v) is 7.32. The number of rotatable bonds is 5. The lowest BCUT2D eigenvalue weighted by atomic mass is 9.94. The Kier molecular flexibility index (Phi) is 6.24. The molecule has 106 valence electrons. The standard InChI is InChI=1S/C16H14Br3F/c17-10-13(4-11-2-1-3-14(18)6-11)5-12-7-15(19)9-16(20)8-12/h1-3,6-9,13H,4-5,10H2. The van der Waals surface area contributed by atoms with Crippen LogP contribution in [0, 0.1) is 11.7 Å². The number of benzene rings is 2. The van der Waals surface area contributed by atoms with Crippen LogP contribution < -0.4 is 0 Å². The molecule has 0 nitrogen and oxygen atoms in total. The molecule has 0 radical (unpaired) electrons. The highest BCUT2D eigenvalue weighted by atomic mass is 79.9. The van der Waals surface area contributed by atoms with Gasteiger partial charge in [0.2, 0.25) is 0 Å². The zero-order valence-electron chi connectivity index (χ0n) is 10.8. The van der Waals surface area contributed by atoms with Crippen LogP contribution in [-0.4, -0.2) is 5.33 Å². The molecule has 2 rings (SSSR count). The van der Waals surface area contributed by atoms with Gasteiger partial charge >= 0.3 is 0 Å². The number of alkyl halides is 1. The Balaban J connectivity index is 2.09. The predicted octanol–water partition coefficient (Wildman–Crippen LogP) is 6.15. The molecule has 0 saturated heterocycles. The summed E-state index contributed by atoms with van der Waals surface area (Å²) in [6, 6.07) is 13.4. The van der Waals surface area contributed by atoms with Crippen molar-refractivity contribution in [1.29, 1.82) is 0 Å². The third-order valence-corrected chi connectivity index (χ3v) is 4.95. The second kappa shape index (κ2) is 7.71. The van der Waals surface area contributed by atoms with Gasteiger partial charge in [0.05, 0.1) is 0 Å². The fourth-order valence-electron chi connectivity index (χ4n) is 2.24. The van der Waals surface area contributed by atoms with Crippen LogP contribution in [0.1, 0.15) is 11.1 Å². The van der Waals surface area contributed by atoms with Crippen LogP contribution in [-0.2, 0) is 12.8 Å². The van der Waals surface area contributed by atoms with Crippen LogP contribution in [0.15, 0.2) is 51.4 Å². The van der Waals surface area contributed by atoms with Crippen molar-refractivity contribution in [2.45, 2.75) is 12.8 Å². The Morgan fingerprint density at radius 2 is 1.60 bits per heavy atom. The van der Waals surface area contributed by atoms with Crippen LogP contribution in [0.4, 0.5) is 4.39 Å². The van der Waals surface area contributed by atoms with Gasteiger partial charge in [0.25, 0.3) is 0 Å². The molecule has 2 aromatic carbocycles. The molecule has 0 amide bonds. The molecule has 0 N–H and O–H groups in total. The average Bonchev–Trinajstić information content (AvgIpc) is 2.36. The van der Waals surface area contributed by atoms with Crippen molar-refractivity contribution in [3.63, 3.8) is 0 Å². The summed E-state index contributed by atoms with van der Waals surface area (Å²) in [7, 11) is 0. The minimum absolute atomic E-state index is 0.190. The molecule has 0 saturated carbocycles. The van der Waals surface area contributed by atoms with Gasteiger partial charge in [-0.05, 0) is 60.2 Å². The van der Waals surface area contributed by atoms with Gasteiger partial charge in [-0.2, -0.15) is 0 Å². The van der Waals surface area contributed by atoms with E-state index in [2.05, 4.69) is 59.9 Å². The highest BCUT2D eigenvalue weighted by Crippen LogP contribution is 2.22. The van der Waals surface area contributed by atoms with E-state index >= 15 is 0 Å². The Labute approximate surface area is 144 Å². The Hall–Kier alpha value is -0.190. The summed E-state index contributed by atoms with van der Waals surface area (Å²) in [5.41, 5.74) is 2.32. The van der Waals surface area contributed by atoms with Crippen LogP contribution in [0.3, 0.4) is 0 Å². The molecule has 0 aliphatic rings. The van der Waals surface area contributed by atoms with Crippen molar-refractivity contribution >= 4 is 47.8 Å². The molecule has 0 fully saturated rings. The normalized spacial score (nSPS) is 12.4. The summed E-state index contributed by atoms with van der Waals surface area (Å²) in [6.45, 7) is 0. The smallest absolute Gasteiger partial charge is 0.124 e. The maximum Gasteiger partial charge on any atom is 0.124 e. The maximum absolute atomic E-state index is 13.4. The average molecular weight is 465 g/mol. The minimum atomic E-state index is -0.190. The monoisotopic (exact) mass is 462 g/mol. The zero-order valence-corrected chi connectivity index (χ0v) is 15.5. The first-order chi connectivity index (χ1) is 9.56. The molecule has 0 aliphatic carbocycles. The van der Waals surface area contributed by atoms with Crippen molar-refractivity contribution < 1.29 is 4.39 Å². The third kappa shape index (κ3) is 4.97. The number of halogens is 4. The fraction of sp³-hybridized carbons (Fsp3) is 0.250. The summed E-state index contributed by atoms with van der Waals surface area (Å²) in [4.78, 5) is 0. The van der Waals surface area contributed by atoms with E-state index in [-0.39, 0.29) is 5.82 Å². The topological polar surface area (TPSA) is 0 Å².